The van der Waals surface area contributed by atoms with Crippen LogP contribution in [0.5, 0.6) is 0 Å². The Balaban J connectivity index is 1.23. The normalized spacial score (nSPS) is 14.8. The molecule has 0 radical (unpaired) electrons. The van der Waals surface area contributed by atoms with Gasteiger partial charge in [0, 0.05) is 5.41 Å². The second kappa shape index (κ2) is 10.1. The third-order valence-corrected chi connectivity index (χ3v) is 12.0. The molecular formula is C49H34. The van der Waals surface area contributed by atoms with Crippen molar-refractivity contribution >= 4 is 53.9 Å². The van der Waals surface area contributed by atoms with E-state index in [0.29, 0.717) is 0 Å². The highest BCUT2D eigenvalue weighted by Gasteiger charge is 2.44. The number of benzene rings is 9. The van der Waals surface area contributed by atoms with Crippen LogP contribution < -0.4 is 0 Å². The fourth-order valence-electron chi connectivity index (χ4n) is 9.81. The first-order valence-electron chi connectivity index (χ1n) is 17.8. The molecule has 0 atom stereocenters. The zero-order valence-electron chi connectivity index (χ0n) is 27.3. The van der Waals surface area contributed by atoms with Gasteiger partial charge < -0.3 is 0 Å². The Bertz CT molecular complexity index is 2810. The van der Waals surface area contributed by atoms with Crippen LogP contribution in [0.2, 0.25) is 0 Å². The minimum atomic E-state index is 0.160. The molecule has 0 saturated heterocycles. The standard InChI is InChI=1S/C49H34/c1-2-12-31(13-3-1)32-20-23-37-38-24-21-33(34-22-25-40-39-16-8-9-19-45(39)49(46(40)30-34)26-10-11-27-49)29-44(38)48-42-18-7-5-15-36(42)35-14-4-6-17-41(35)47(48)43(37)28-32/h1-9,12-25,28-30H,10-11,26-27H2. The number of hydrogen-bond acceptors (Lipinski definition) is 0. The molecule has 1 fully saturated rings. The number of rotatable bonds is 2. The fourth-order valence-corrected chi connectivity index (χ4v) is 9.81. The van der Waals surface area contributed by atoms with Crippen LogP contribution in [0.3, 0.4) is 0 Å². The Kier molecular flexibility index (Phi) is 5.64. The molecule has 0 nitrogen and oxygen atoms in total. The molecule has 2 aliphatic carbocycles. The van der Waals surface area contributed by atoms with E-state index < -0.39 is 0 Å². The number of fused-ring (bicyclic) bond motifs is 16. The molecule has 11 rings (SSSR count). The summed E-state index contributed by atoms with van der Waals surface area (Å²) in [6.07, 6.45) is 5.11. The van der Waals surface area contributed by atoms with Gasteiger partial charge in [0.15, 0.2) is 0 Å². The van der Waals surface area contributed by atoms with Gasteiger partial charge in [-0.1, -0.05) is 152 Å². The summed E-state index contributed by atoms with van der Waals surface area (Å²) < 4.78 is 0. The molecule has 0 amide bonds. The topological polar surface area (TPSA) is 0 Å². The van der Waals surface area contributed by atoms with Crippen molar-refractivity contribution in [1.29, 1.82) is 0 Å². The van der Waals surface area contributed by atoms with Gasteiger partial charge in [-0.2, -0.15) is 0 Å². The Morgan fingerprint density at radius 3 is 1.43 bits per heavy atom. The van der Waals surface area contributed by atoms with Gasteiger partial charge in [-0.15, -0.1) is 0 Å². The fraction of sp³-hybridized carbons (Fsp3) is 0.102. The second-order valence-electron chi connectivity index (χ2n) is 14.3. The maximum atomic E-state index is 2.55. The molecule has 0 heterocycles. The van der Waals surface area contributed by atoms with Crippen LogP contribution in [-0.4, -0.2) is 0 Å². The van der Waals surface area contributed by atoms with Gasteiger partial charge in [0.05, 0.1) is 0 Å². The zero-order valence-corrected chi connectivity index (χ0v) is 27.3. The van der Waals surface area contributed by atoms with E-state index in [1.165, 1.54) is 118 Å². The second-order valence-corrected chi connectivity index (χ2v) is 14.3. The average molecular weight is 623 g/mol. The summed E-state index contributed by atoms with van der Waals surface area (Å²) in [5.41, 5.74) is 11.2. The van der Waals surface area contributed by atoms with E-state index in [1.54, 1.807) is 5.56 Å². The lowest BCUT2D eigenvalue weighted by atomic mass is 9.76. The van der Waals surface area contributed by atoms with Crippen molar-refractivity contribution in [2.45, 2.75) is 31.1 Å². The molecule has 0 aromatic heterocycles. The van der Waals surface area contributed by atoms with Crippen molar-refractivity contribution in [3.63, 3.8) is 0 Å². The summed E-state index contributed by atoms with van der Waals surface area (Å²) in [5, 5.41) is 13.2. The highest BCUT2D eigenvalue weighted by molar-refractivity contribution is 6.39. The van der Waals surface area contributed by atoms with Crippen LogP contribution >= 0.6 is 0 Å². The van der Waals surface area contributed by atoms with Crippen molar-refractivity contribution in [3.8, 4) is 33.4 Å². The SMILES string of the molecule is c1ccc(-c2ccc3c4ccc(-c5ccc6c(c5)C5(CCCC5)c5ccccc5-6)cc4c4c5ccccc5c5ccccc5c4c3c2)cc1. The lowest BCUT2D eigenvalue weighted by Crippen LogP contribution is -2.20. The molecule has 49 heavy (non-hydrogen) atoms. The van der Waals surface area contributed by atoms with Crippen molar-refractivity contribution in [2.75, 3.05) is 0 Å². The van der Waals surface area contributed by atoms with E-state index in [-0.39, 0.29) is 5.41 Å². The third-order valence-electron chi connectivity index (χ3n) is 12.0. The molecule has 0 unspecified atom stereocenters. The third kappa shape index (κ3) is 3.75. The molecule has 230 valence electrons. The van der Waals surface area contributed by atoms with Gasteiger partial charge in [0.1, 0.15) is 0 Å². The predicted octanol–water partition coefficient (Wildman–Crippen LogP) is 13.6. The first-order chi connectivity index (χ1) is 24.3. The van der Waals surface area contributed by atoms with Gasteiger partial charge in [-0.25, -0.2) is 0 Å². The lowest BCUT2D eigenvalue weighted by molar-refractivity contribution is 0.550. The molecular weight excluding hydrogens is 589 g/mol. The highest BCUT2D eigenvalue weighted by atomic mass is 14.5. The van der Waals surface area contributed by atoms with Crippen LogP contribution in [-0.2, 0) is 5.41 Å². The van der Waals surface area contributed by atoms with Crippen LogP contribution in [0.15, 0.2) is 158 Å². The molecule has 9 aromatic carbocycles. The molecule has 0 heteroatoms. The van der Waals surface area contributed by atoms with Crippen LogP contribution in [0.4, 0.5) is 0 Å². The van der Waals surface area contributed by atoms with E-state index >= 15 is 0 Å². The lowest BCUT2D eigenvalue weighted by Gasteiger charge is -2.27. The number of hydrogen-bond donors (Lipinski definition) is 0. The zero-order chi connectivity index (χ0) is 32.1. The van der Waals surface area contributed by atoms with Crippen molar-refractivity contribution in [3.05, 3.63) is 169 Å². The van der Waals surface area contributed by atoms with Crippen LogP contribution in [0.1, 0.15) is 36.8 Å². The van der Waals surface area contributed by atoms with Gasteiger partial charge in [0.2, 0.25) is 0 Å². The molecule has 2 aliphatic rings. The summed E-state index contributed by atoms with van der Waals surface area (Å²) in [4.78, 5) is 0. The summed E-state index contributed by atoms with van der Waals surface area (Å²) in [6, 6.07) is 59.7. The van der Waals surface area contributed by atoms with E-state index in [2.05, 4.69) is 158 Å². The van der Waals surface area contributed by atoms with E-state index in [4.69, 9.17) is 0 Å². The smallest absolute Gasteiger partial charge is 0.0215 e. The van der Waals surface area contributed by atoms with E-state index in [9.17, 15) is 0 Å². The minimum absolute atomic E-state index is 0.160. The Labute approximate surface area is 286 Å². The van der Waals surface area contributed by atoms with Crippen molar-refractivity contribution < 1.29 is 0 Å². The quantitative estimate of drug-likeness (QED) is 0.168. The summed E-state index contributed by atoms with van der Waals surface area (Å²) in [6.45, 7) is 0. The summed E-state index contributed by atoms with van der Waals surface area (Å²) in [7, 11) is 0. The molecule has 0 N–H and O–H groups in total. The maximum absolute atomic E-state index is 2.55. The Hall–Kier alpha value is -5.72. The Morgan fingerprint density at radius 2 is 0.776 bits per heavy atom. The van der Waals surface area contributed by atoms with Crippen molar-refractivity contribution in [2.24, 2.45) is 0 Å². The van der Waals surface area contributed by atoms with E-state index in [1.807, 2.05) is 0 Å². The molecule has 9 aromatic rings. The average Bonchev–Trinajstić information content (AvgIpc) is 3.78. The van der Waals surface area contributed by atoms with Gasteiger partial charge in [0.25, 0.3) is 0 Å². The summed E-state index contributed by atoms with van der Waals surface area (Å²) >= 11 is 0. The van der Waals surface area contributed by atoms with E-state index in [0.717, 1.165) is 0 Å². The van der Waals surface area contributed by atoms with Gasteiger partial charge >= 0.3 is 0 Å². The molecule has 1 spiro atoms. The Morgan fingerprint density at radius 1 is 0.306 bits per heavy atom. The maximum Gasteiger partial charge on any atom is 0.0215 e. The van der Waals surface area contributed by atoms with Gasteiger partial charge in [-0.3, -0.25) is 0 Å². The first kappa shape index (κ1) is 27.3. The first-order valence-corrected chi connectivity index (χ1v) is 17.8. The molecule has 0 aliphatic heterocycles. The minimum Gasteiger partial charge on any atom is -0.0622 e. The summed E-state index contributed by atoms with van der Waals surface area (Å²) in [5.74, 6) is 0. The predicted molar refractivity (Wildman–Crippen MR) is 210 cm³/mol. The monoisotopic (exact) mass is 622 g/mol. The molecule has 1 saturated carbocycles. The highest BCUT2D eigenvalue weighted by Crippen LogP contribution is 2.57. The van der Waals surface area contributed by atoms with Crippen LogP contribution in [0.25, 0.3) is 87.2 Å². The molecule has 0 bridgehead atoms. The van der Waals surface area contributed by atoms with Gasteiger partial charge in [-0.05, 0) is 129 Å². The van der Waals surface area contributed by atoms with Crippen molar-refractivity contribution in [1.82, 2.24) is 0 Å². The van der Waals surface area contributed by atoms with Crippen LogP contribution in [0, 0.1) is 0 Å². The largest absolute Gasteiger partial charge is 0.0622 e.